The number of nitrogens with two attached hydrogens (primary N) is 1. The molecule has 0 spiro atoms. The minimum absolute atomic E-state index is 0.139. The van der Waals surface area contributed by atoms with E-state index in [-0.39, 0.29) is 17.9 Å². The minimum atomic E-state index is -0.659. The SMILES string of the molecule is CC(C)C(N)C(O)c1ccc2c(c1)CCC(=O)N2C. The number of hydrogen-bond acceptors (Lipinski definition) is 3. The Kier molecular flexibility index (Phi) is 3.92. The van der Waals surface area contributed by atoms with E-state index in [0.717, 1.165) is 23.2 Å². The number of fused-ring (bicyclic) bond motifs is 1. The third-order valence-electron chi connectivity index (χ3n) is 3.92. The van der Waals surface area contributed by atoms with Crippen LogP contribution in [0.5, 0.6) is 0 Å². The van der Waals surface area contributed by atoms with Crippen LogP contribution in [0.4, 0.5) is 5.69 Å². The number of hydrogen-bond donors (Lipinski definition) is 2. The van der Waals surface area contributed by atoms with Crippen molar-refractivity contribution in [1.29, 1.82) is 0 Å². The molecule has 0 saturated carbocycles. The number of nitrogens with zero attached hydrogens (tertiary/aromatic N) is 1. The Morgan fingerprint density at radius 2 is 2.00 bits per heavy atom. The summed E-state index contributed by atoms with van der Waals surface area (Å²) in [5.74, 6) is 0.356. The second-order valence-corrected chi connectivity index (χ2v) is 5.61. The Bertz CT molecular complexity index is 485. The van der Waals surface area contributed by atoms with Crippen LogP contribution in [-0.2, 0) is 11.2 Å². The van der Waals surface area contributed by atoms with Gasteiger partial charge in [-0.2, -0.15) is 0 Å². The molecule has 1 heterocycles. The summed E-state index contributed by atoms with van der Waals surface area (Å²) in [7, 11) is 1.79. The lowest BCUT2D eigenvalue weighted by atomic mass is 9.91. The fraction of sp³-hybridized carbons (Fsp3) is 0.533. The normalized spacial score (nSPS) is 18.4. The molecule has 2 rings (SSSR count). The lowest BCUT2D eigenvalue weighted by Crippen LogP contribution is -2.34. The van der Waals surface area contributed by atoms with Crippen molar-refractivity contribution in [3.63, 3.8) is 0 Å². The highest BCUT2D eigenvalue weighted by Gasteiger charge is 2.24. The van der Waals surface area contributed by atoms with E-state index in [1.165, 1.54) is 0 Å². The first kappa shape index (κ1) is 14.0. The summed E-state index contributed by atoms with van der Waals surface area (Å²) in [4.78, 5) is 13.3. The van der Waals surface area contributed by atoms with Gasteiger partial charge in [-0.25, -0.2) is 0 Å². The molecule has 2 atom stereocenters. The van der Waals surface area contributed by atoms with E-state index in [1.54, 1.807) is 11.9 Å². The molecule has 0 saturated heterocycles. The zero-order valence-electron chi connectivity index (χ0n) is 11.8. The molecule has 104 valence electrons. The number of aliphatic hydroxyl groups is 1. The maximum absolute atomic E-state index is 11.6. The van der Waals surface area contributed by atoms with Crippen molar-refractivity contribution in [3.05, 3.63) is 29.3 Å². The lowest BCUT2D eigenvalue weighted by Gasteiger charge is -2.28. The highest BCUT2D eigenvalue weighted by molar-refractivity contribution is 5.95. The molecular formula is C15H22N2O2. The average molecular weight is 262 g/mol. The molecule has 1 aromatic carbocycles. The Balaban J connectivity index is 2.29. The number of carbonyl (C=O) groups excluding carboxylic acids is 1. The maximum Gasteiger partial charge on any atom is 0.227 e. The monoisotopic (exact) mass is 262 g/mol. The molecule has 0 fully saturated rings. The number of aryl methyl sites for hydroxylation is 1. The van der Waals surface area contributed by atoms with Crippen molar-refractivity contribution >= 4 is 11.6 Å². The summed E-state index contributed by atoms with van der Waals surface area (Å²) in [6, 6.07) is 5.46. The smallest absolute Gasteiger partial charge is 0.227 e. The Labute approximate surface area is 114 Å². The van der Waals surface area contributed by atoms with E-state index in [2.05, 4.69) is 0 Å². The minimum Gasteiger partial charge on any atom is -0.387 e. The van der Waals surface area contributed by atoms with Crippen molar-refractivity contribution in [2.24, 2.45) is 11.7 Å². The largest absolute Gasteiger partial charge is 0.387 e. The molecule has 4 nitrogen and oxygen atoms in total. The van der Waals surface area contributed by atoms with Crippen LogP contribution in [-0.4, -0.2) is 24.1 Å². The number of rotatable bonds is 3. The van der Waals surface area contributed by atoms with E-state index < -0.39 is 6.10 Å². The Morgan fingerprint density at radius 1 is 1.32 bits per heavy atom. The van der Waals surface area contributed by atoms with Gasteiger partial charge in [0.15, 0.2) is 0 Å². The van der Waals surface area contributed by atoms with Crippen molar-refractivity contribution in [3.8, 4) is 0 Å². The molecule has 1 aliphatic rings. The van der Waals surface area contributed by atoms with Gasteiger partial charge in [0.1, 0.15) is 0 Å². The molecule has 3 N–H and O–H groups in total. The van der Waals surface area contributed by atoms with Gasteiger partial charge in [-0.3, -0.25) is 4.79 Å². The molecule has 1 aliphatic heterocycles. The topological polar surface area (TPSA) is 66.6 Å². The molecule has 1 amide bonds. The molecule has 0 aromatic heterocycles. The number of anilines is 1. The highest BCUT2D eigenvalue weighted by Crippen LogP contribution is 2.30. The van der Waals surface area contributed by atoms with Gasteiger partial charge in [0.05, 0.1) is 6.10 Å². The van der Waals surface area contributed by atoms with Gasteiger partial charge < -0.3 is 15.7 Å². The van der Waals surface area contributed by atoms with Crippen LogP contribution in [0.1, 0.15) is 37.5 Å². The average Bonchev–Trinajstić information content (AvgIpc) is 2.40. The maximum atomic E-state index is 11.6. The summed E-state index contributed by atoms with van der Waals surface area (Å²) in [6.07, 6.45) is 0.600. The third-order valence-corrected chi connectivity index (χ3v) is 3.92. The Morgan fingerprint density at radius 3 is 2.63 bits per heavy atom. The van der Waals surface area contributed by atoms with Crippen LogP contribution >= 0.6 is 0 Å². The number of aliphatic hydroxyl groups excluding tert-OH is 1. The zero-order chi connectivity index (χ0) is 14.2. The first-order chi connectivity index (χ1) is 8.91. The van der Waals surface area contributed by atoms with Gasteiger partial charge in [0.2, 0.25) is 5.91 Å². The molecule has 4 heteroatoms. The van der Waals surface area contributed by atoms with Gasteiger partial charge in [0, 0.05) is 25.2 Å². The molecule has 2 unspecified atom stereocenters. The van der Waals surface area contributed by atoms with Crippen LogP contribution < -0.4 is 10.6 Å². The van der Waals surface area contributed by atoms with E-state index >= 15 is 0 Å². The summed E-state index contributed by atoms with van der Waals surface area (Å²) >= 11 is 0. The first-order valence-electron chi connectivity index (χ1n) is 6.75. The van der Waals surface area contributed by atoms with E-state index in [4.69, 9.17) is 5.73 Å². The summed E-state index contributed by atoms with van der Waals surface area (Å²) in [5.41, 5.74) is 8.88. The number of amides is 1. The van der Waals surface area contributed by atoms with Crippen LogP contribution in [0.15, 0.2) is 18.2 Å². The van der Waals surface area contributed by atoms with E-state index in [9.17, 15) is 9.90 Å². The predicted octanol–water partition coefficient (Wildman–Crippen LogP) is 1.61. The molecule has 19 heavy (non-hydrogen) atoms. The summed E-state index contributed by atoms with van der Waals surface area (Å²) in [5, 5.41) is 10.3. The van der Waals surface area contributed by atoms with Gasteiger partial charge in [-0.1, -0.05) is 26.0 Å². The van der Waals surface area contributed by atoms with Crippen molar-refractivity contribution in [1.82, 2.24) is 0 Å². The van der Waals surface area contributed by atoms with Crippen LogP contribution in [0.25, 0.3) is 0 Å². The molecule has 0 radical (unpaired) electrons. The van der Waals surface area contributed by atoms with Crippen molar-refractivity contribution in [2.45, 2.75) is 38.8 Å². The standard InChI is InChI=1S/C15H22N2O2/c1-9(2)14(16)15(19)11-4-6-12-10(8-11)5-7-13(18)17(12)3/h4,6,8-9,14-15,19H,5,7,16H2,1-3H3. The quantitative estimate of drug-likeness (QED) is 0.869. The fourth-order valence-electron chi connectivity index (χ4n) is 2.45. The molecule has 0 aliphatic carbocycles. The van der Waals surface area contributed by atoms with Gasteiger partial charge in [-0.05, 0) is 29.5 Å². The van der Waals surface area contributed by atoms with Crippen molar-refractivity contribution in [2.75, 3.05) is 11.9 Å². The van der Waals surface area contributed by atoms with Crippen LogP contribution in [0, 0.1) is 5.92 Å². The molecule has 1 aromatic rings. The van der Waals surface area contributed by atoms with E-state index in [0.29, 0.717) is 6.42 Å². The third kappa shape index (κ3) is 2.65. The highest BCUT2D eigenvalue weighted by atomic mass is 16.3. The first-order valence-corrected chi connectivity index (χ1v) is 6.75. The summed E-state index contributed by atoms with van der Waals surface area (Å²) in [6.45, 7) is 4.00. The molecular weight excluding hydrogens is 240 g/mol. The second-order valence-electron chi connectivity index (χ2n) is 5.61. The number of carbonyl (C=O) groups is 1. The second kappa shape index (κ2) is 5.31. The van der Waals surface area contributed by atoms with Gasteiger partial charge >= 0.3 is 0 Å². The lowest BCUT2D eigenvalue weighted by molar-refractivity contribution is -0.118. The zero-order valence-corrected chi connectivity index (χ0v) is 11.8. The molecule has 0 bridgehead atoms. The Hall–Kier alpha value is -1.39. The van der Waals surface area contributed by atoms with Crippen LogP contribution in [0.2, 0.25) is 0 Å². The number of benzene rings is 1. The summed E-state index contributed by atoms with van der Waals surface area (Å²) < 4.78 is 0. The van der Waals surface area contributed by atoms with Gasteiger partial charge in [0.25, 0.3) is 0 Å². The van der Waals surface area contributed by atoms with Crippen LogP contribution in [0.3, 0.4) is 0 Å². The fourth-order valence-corrected chi connectivity index (χ4v) is 2.45. The van der Waals surface area contributed by atoms with Gasteiger partial charge in [-0.15, -0.1) is 0 Å². The van der Waals surface area contributed by atoms with E-state index in [1.807, 2.05) is 32.0 Å². The van der Waals surface area contributed by atoms with Crippen molar-refractivity contribution < 1.29 is 9.90 Å². The predicted molar refractivity (Wildman–Crippen MR) is 75.9 cm³/mol.